The van der Waals surface area contributed by atoms with Crippen LogP contribution in [-0.2, 0) is 0 Å². The Morgan fingerprint density at radius 3 is 2.38 bits per heavy atom. The lowest BCUT2D eigenvalue weighted by Gasteiger charge is -2.05. The minimum Gasteiger partial charge on any atom is -0.451 e. The molecule has 6 nitrogen and oxygen atoms in total. The van der Waals surface area contributed by atoms with Gasteiger partial charge in [0, 0.05) is 17.7 Å². The van der Waals surface area contributed by atoms with Gasteiger partial charge in [-0.05, 0) is 36.4 Å². The summed E-state index contributed by atoms with van der Waals surface area (Å²) in [5, 5.41) is 14.3. The molecule has 2 aromatic carbocycles. The Morgan fingerprint density at radius 2 is 1.69 bits per heavy atom. The molecule has 1 aromatic heterocycles. The zero-order valence-electron chi connectivity index (χ0n) is 12.8. The Labute approximate surface area is 162 Å². The number of carbonyl (C=O) groups excluding carboxylic acids is 1. The third-order valence-corrected chi connectivity index (χ3v) is 4.51. The number of amides is 1. The third-order valence-electron chi connectivity index (χ3n) is 3.44. The molecule has 0 atom stereocenters. The van der Waals surface area contributed by atoms with Crippen LogP contribution in [0.1, 0.15) is 10.6 Å². The fourth-order valence-electron chi connectivity index (χ4n) is 2.17. The summed E-state index contributed by atoms with van der Waals surface area (Å²) in [7, 11) is 0. The zero-order valence-corrected chi connectivity index (χ0v) is 15.1. The van der Waals surface area contributed by atoms with Crippen LogP contribution in [0.2, 0.25) is 15.1 Å². The van der Waals surface area contributed by atoms with Crippen LogP contribution in [-0.4, -0.2) is 10.8 Å². The lowest BCUT2D eigenvalue weighted by molar-refractivity contribution is -0.384. The number of nitrogens with one attached hydrogen (secondary N) is 1. The van der Waals surface area contributed by atoms with Crippen molar-refractivity contribution in [2.75, 3.05) is 5.32 Å². The molecule has 1 heterocycles. The fourth-order valence-corrected chi connectivity index (χ4v) is 2.63. The number of hydrogen-bond acceptors (Lipinski definition) is 4. The molecule has 26 heavy (non-hydrogen) atoms. The molecule has 1 amide bonds. The topological polar surface area (TPSA) is 85.4 Å². The molecule has 0 bridgehead atoms. The summed E-state index contributed by atoms with van der Waals surface area (Å²) in [6, 6.07) is 11.7. The maximum Gasteiger partial charge on any atom is 0.291 e. The summed E-state index contributed by atoms with van der Waals surface area (Å²) in [5.41, 5.74) is 0.561. The Hall–Kier alpha value is -2.54. The number of anilines is 1. The van der Waals surface area contributed by atoms with Gasteiger partial charge in [-0.3, -0.25) is 14.9 Å². The lowest BCUT2D eigenvalue weighted by Crippen LogP contribution is -2.11. The number of carbonyl (C=O) groups is 1. The molecule has 0 unspecified atom stereocenters. The summed E-state index contributed by atoms with van der Waals surface area (Å²) < 4.78 is 5.53. The Bertz CT molecular complexity index is 1020. The molecule has 0 aliphatic heterocycles. The highest BCUT2D eigenvalue weighted by atomic mass is 35.5. The van der Waals surface area contributed by atoms with E-state index in [0.29, 0.717) is 21.4 Å². The van der Waals surface area contributed by atoms with Crippen LogP contribution in [0.5, 0.6) is 0 Å². The monoisotopic (exact) mass is 410 g/mol. The first-order chi connectivity index (χ1) is 12.3. The predicted octanol–water partition coefficient (Wildman–Crippen LogP) is 6.07. The molecule has 9 heteroatoms. The van der Waals surface area contributed by atoms with E-state index in [4.69, 9.17) is 39.2 Å². The molecule has 3 aromatic rings. The van der Waals surface area contributed by atoms with E-state index in [1.165, 1.54) is 24.3 Å². The van der Waals surface area contributed by atoms with Crippen molar-refractivity contribution in [2.45, 2.75) is 0 Å². The van der Waals surface area contributed by atoms with Gasteiger partial charge in [-0.2, -0.15) is 0 Å². The van der Waals surface area contributed by atoms with Crippen molar-refractivity contribution >= 4 is 52.1 Å². The van der Waals surface area contributed by atoms with Crippen molar-refractivity contribution in [3.05, 3.63) is 79.5 Å². The number of furan rings is 1. The second-order valence-corrected chi connectivity index (χ2v) is 6.39. The number of nitro benzene ring substituents is 1. The Kier molecular flexibility index (Phi) is 5.18. The summed E-state index contributed by atoms with van der Waals surface area (Å²) in [6.45, 7) is 0. The van der Waals surface area contributed by atoms with Crippen LogP contribution in [0.4, 0.5) is 11.4 Å². The number of rotatable bonds is 4. The average Bonchev–Trinajstić information content (AvgIpc) is 3.09. The van der Waals surface area contributed by atoms with Gasteiger partial charge in [0.25, 0.3) is 11.6 Å². The number of hydrogen-bond donors (Lipinski definition) is 1. The van der Waals surface area contributed by atoms with Gasteiger partial charge in [0.1, 0.15) is 5.76 Å². The van der Waals surface area contributed by atoms with Crippen molar-refractivity contribution in [2.24, 2.45) is 0 Å². The van der Waals surface area contributed by atoms with Crippen molar-refractivity contribution in [3.8, 4) is 11.3 Å². The highest BCUT2D eigenvalue weighted by molar-refractivity contribution is 6.42. The SMILES string of the molecule is O=C(Nc1cc([N+](=O)[O-])ccc1Cl)c1ccc(-c2ccc(Cl)c(Cl)c2)o1. The average molecular weight is 412 g/mol. The maximum atomic E-state index is 12.3. The molecule has 0 saturated heterocycles. The van der Waals surface area contributed by atoms with Gasteiger partial charge >= 0.3 is 0 Å². The van der Waals surface area contributed by atoms with Gasteiger partial charge in [0.05, 0.1) is 25.7 Å². The first kappa shape index (κ1) is 18.3. The van der Waals surface area contributed by atoms with Crippen LogP contribution in [0, 0.1) is 10.1 Å². The lowest BCUT2D eigenvalue weighted by atomic mass is 10.2. The summed E-state index contributed by atoms with van der Waals surface area (Å²) in [5.74, 6) is -0.175. The van der Waals surface area contributed by atoms with Crippen molar-refractivity contribution in [3.63, 3.8) is 0 Å². The molecule has 3 rings (SSSR count). The van der Waals surface area contributed by atoms with E-state index in [1.807, 2.05) is 0 Å². The standard InChI is InChI=1S/C17H9Cl3N2O4/c18-11-3-1-9(7-13(11)20)15-5-6-16(26-15)17(23)21-14-8-10(22(24)25)2-4-12(14)19/h1-8H,(H,21,23). The first-order valence-electron chi connectivity index (χ1n) is 7.15. The van der Waals surface area contributed by atoms with Crippen molar-refractivity contribution in [1.29, 1.82) is 0 Å². The maximum absolute atomic E-state index is 12.3. The summed E-state index contributed by atoms with van der Waals surface area (Å²) in [6.07, 6.45) is 0. The predicted molar refractivity (Wildman–Crippen MR) is 100 cm³/mol. The quantitative estimate of drug-likeness (QED) is 0.417. The molecule has 0 radical (unpaired) electrons. The van der Waals surface area contributed by atoms with Crippen LogP contribution >= 0.6 is 34.8 Å². The van der Waals surface area contributed by atoms with Crippen LogP contribution < -0.4 is 5.32 Å². The number of non-ortho nitro benzene ring substituents is 1. The number of nitrogens with zero attached hydrogens (tertiary/aromatic N) is 1. The number of halogens is 3. The van der Waals surface area contributed by atoms with Gasteiger partial charge in [-0.1, -0.05) is 34.8 Å². The second kappa shape index (κ2) is 7.37. The van der Waals surface area contributed by atoms with E-state index in [9.17, 15) is 14.9 Å². The number of nitro groups is 1. The molecule has 0 saturated carbocycles. The van der Waals surface area contributed by atoms with E-state index in [1.54, 1.807) is 24.3 Å². The summed E-state index contributed by atoms with van der Waals surface area (Å²) in [4.78, 5) is 22.6. The normalized spacial score (nSPS) is 10.6. The van der Waals surface area contributed by atoms with E-state index in [-0.39, 0.29) is 22.2 Å². The van der Waals surface area contributed by atoms with Gasteiger partial charge in [-0.15, -0.1) is 0 Å². The van der Waals surface area contributed by atoms with Gasteiger partial charge in [0.2, 0.25) is 0 Å². The highest BCUT2D eigenvalue weighted by Crippen LogP contribution is 2.31. The molecular weight excluding hydrogens is 403 g/mol. The van der Waals surface area contributed by atoms with Crippen molar-refractivity contribution in [1.82, 2.24) is 0 Å². The fraction of sp³-hybridized carbons (Fsp3) is 0. The minimum atomic E-state index is -0.598. The van der Waals surface area contributed by atoms with Crippen LogP contribution in [0.15, 0.2) is 52.9 Å². The summed E-state index contributed by atoms with van der Waals surface area (Å²) >= 11 is 17.8. The molecule has 132 valence electrons. The van der Waals surface area contributed by atoms with E-state index < -0.39 is 10.8 Å². The molecule has 0 aliphatic rings. The molecular formula is C17H9Cl3N2O4. The molecule has 0 aliphatic carbocycles. The largest absolute Gasteiger partial charge is 0.451 e. The van der Waals surface area contributed by atoms with Gasteiger partial charge < -0.3 is 9.73 Å². The highest BCUT2D eigenvalue weighted by Gasteiger charge is 2.16. The van der Waals surface area contributed by atoms with E-state index in [2.05, 4.69) is 5.32 Å². The number of benzene rings is 2. The molecule has 0 fully saturated rings. The van der Waals surface area contributed by atoms with E-state index >= 15 is 0 Å². The van der Waals surface area contributed by atoms with Crippen LogP contribution in [0.25, 0.3) is 11.3 Å². The Morgan fingerprint density at radius 1 is 0.962 bits per heavy atom. The molecule has 0 spiro atoms. The molecule has 1 N–H and O–H groups in total. The Balaban J connectivity index is 1.83. The third kappa shape index (κ3) is 3.83. The smallest absolute Gasteiger partial charge is 0.291 e. The van der Waals surface area contributed by atoms with Crippen LogP contribution in [0.3, 0.4) is 0 Å². The minimum absolute atomic E-state index is 0.00800. The van der Waals surface area contributed by atoms with E-state index in [0.717, 1.165) is 0 Å². The van der Waals surface area contributed by atoms with Crippen molar-refractivity contribution < 1.29 is 14.1 Å². The van der Waals surface area contributed by atoms with Gasteiger partial charge in [0.15, 0.2) is 5.76 Å². The zero-order chi connectivity index (χ0) is 18.8. The first-order valence-corrected chi connectivity index (χ1v) is 8.29. The van der Waals surface area contributed by atoms with Gasteiger partial charge in [-0.25, -0.2) is 0 Å². The second-order valence-electron chi connectivity index (χ2n) is 5.17.